The molecule has 0 saturated carbocycles. The van der Waals surface area contributed by atoms with Crippen molar-refractivity contribution in [1.29, 1.82) is 0 Å². The molecule has 0 amide bonds. The normalized spacial score (nSPS) is 14.2. The second kappa shape index (κ2) is 9.06. The fourth-order valence-electron chi connectivity index (χ4n) is 2.58. The summed E-state index contributed by atoms with van der Waals surface area (Å²) in [6, 6.07) is 8.31. The predicted molar refractivity (Wildman–Crippen MR) is 89.0 cm³/mol. The minimum absolute atomic E-state index is 0.155. The number of nitrogens with one attached hydrogen (secondary N) is 1. The molecule has 3 nitrogen and oxygen atoms in total. The van der Waals surface area contributed by atoms with Gasteiger partial charge >= 0.3 is 0 Å². The second-order valence-electron chi connectivity index (χ2n) is 6.00. The maximum Gasteiger partial charge on any atom is 0.119 e. The van der Waals surface area contributed by atoms with Crippen molar-refractivity contribution < 1.29 is 9.84 Å². The summed E-state index contributed by atoms with van der Waals surface area (Å²) in [5.74, 6) is 1.46. The maximum atomic E-state index is 9.62. The van der Waals surface area contributed by atoms with Crippen molar-refractivity contribution >= 4 is 0 Å². The Hall–Kier alpha value is -1.06. The molecular formula is C18H31NO2. The average Bonchev–Trinajstić information content (AvgIpc) is 2.50. The van der Waals surface area contributed by atoms with Crippen LogP contribution >= 0.6 is 0 Å². The highest BCUT2D eigenvalue weighted by Crippen LogP contribution is 2.21. The quantitative estimate of drug-likeness (QED) is 0.646. The van der Waals surface area contributed by atoms with E-state index < -0.39 is 0 Å². The fourth-order valence-corrected chi connectivity index (χ4v) is 2.58. The first kappa shape index (κ1) is 18.0. The first-order chi connectivity index (χ1) is 10.1. The summed E-state index contributed by atoms with van der Waals surface area (Å²) < 4.78 is 5.85. The van der Waals surface area contributed by atoms with Crippen LogP contribution in [-0.2, 0) is 0 Å². The molecule has 0 radical (unpaired) electrons. The van der Waals surface area contributed by atoms with E-state index >= 15 is 0 Å². The molecule has 0 bridgehead atoms. The van der Waals surface area contributed by atoms with Crippen LogP contribution in [0.15, 0.2) is 24.3 Å². The van der Waals surface area contributed by atoms with Crippen LogP contribution in [0.4, 0.5) is 0 Å². The molecule has 0 aliphatic carbocycles. The van der Waals surface area contributed by atoms with Gasteiger partial charge < -0.3 is 15.2 Å². The van der Waals surface area contributed by atoms with Gasteiger partial charge in [0.1, 0.15) is 5.75 Å². The summed E-state index contributed by atoms with van der Waals surface area (Å²) in [4.78, 5) is 0. The van der Waals surface area contributed by atoms with Crippen LogP contribution in [-0.4, -0.2) is 30.4 Å². The minimum atomic E-state index is -0.155. The van der Waals surface area contributed by atoms with Crippen LogP contribution in [0.1, 0.15) is 58.4 Å². The third-order valence-electron chi connectivity index (χ3n) is 4.12. The Kier molecular flexibility index (Phi) is 7.76. The average molecular weight is 293 g/mol. The molecule has 2 N–H and O–H groups in total. The molecule has 1 atom stereocenters. The van der Waals surface area contributed by atoms with Crippen molar-refractivity contribution in [2.24, 2.45) is 0 Å². The third kappa shape index (κ3) is 5.68. The highest BCUT2D eigenvalue weighted by atomic mass is 16.5. The fraction of sp³-hybridized carbons (Fsp3) is 0.667. The van der Waals surface area contributed by atoms with Crippen molar-refractivity contribution in [2.45, 2.75) is 58.4 Å². The topological polar surface area (TPSA) is 41.5 Å². The number of hydrogen-bond acceptors (Lipinski definition) is 3. The standard InChI is InChI=1S/C18H31NO2/c1-5-18(14-20,19-6-2)11-8-12-21-17-10-7-9-16(13-17)15(3)4/h7,9-10,13,15,19-20H,5-6,8,11-12,14H2,1-4H3. The Morgan fingerprint density at radius 1 is 1.29 bits per heavy atom. The lowest BCUT2D eigenvalue weighted by Gasteiger charge is -2.31. The van der Waals surface area contributed by atoms with Gasteiger partial charge in [-0.1, -0.05) is 39.8 Å². The SMILES string of the molecule is CCNC(CC)(CO)CCCOc1cccc(C(C)C)c1. The van der Waals surface area contributed by atoms with E-state index in [1.165, 1.54) is 5.56 Å². The maximum absolute atomic E-state index is 9.62. The molecule has 0 spiro atoms. The van der Waals surface area contributed by atoms with Gasteiger partial charge in [0, 0.05) is 5.54 Å². The van der Waals surface area contributed by atoms with Gasteiger partial charge in [0.2, 0.25) is 0 Å². The molecule has 21 heavy (non-hydrogen) atoms. The van der Waals surface area contributed by atoms with Gasteiger partial charge in [0.05, 0.1) is 13.2 Å². The number of rotatable bonds is 10. The largest absolute Gasteiger partial charge is 0.494 e. The van der Waals surface area contributed by atoms with Crippen LogP contribution in [0, 0.1) is 0 Å². The molecule has 0 fully saturated rings. The van der Waals surface area contributed by atoms with E-state index in [-0.39, 0.29) is 12.1 Å². The van der Waals surface area contributed by atoms with Crippen LogP contribution in [0.5, 0.6) is 5.75 Å². The molecular weight excluding hydrogens is 262 g/mol. The molecule has 0 heterocycles. The van der Waals surface area contributed by atoms with Crippen molar-refractivity contribution in [1.82, 2.24) is 5.32 Å². The summed E-state index contributed by atoms with van der Waals surface area (Å²) in [5.41, 5.74) is 1.15. The van der Waals surface area contributed by atoms with Crippen LogP contribution in [0.2, 0.25) is 0 Å². The van der Waals surface area contributed by atoms with Gasteiger partial charge in [-0.2, -0.15) is 0 Å². The monoisotopic (exact) mass is 293 g/mol. The second-order valence-corrected chi connectivity index (χ2v) is 6.00. The predicted octanol–water partition coefficient (Wildman–Crippen LogP) is 3.72. The molecule has 1 unspecified atom stereocenters. The van der Waals surface area contributed by atoms with Crippen molar-refractivity contribution in [2.75, 3.05) is 19.8 Å². The molecule has 1 rings (SSSR count). The number of aliphatic hydroxyl groups excluding tert-OH is 1. The van der Waals surface area contributed by atoms with E-state index in [9.17, 15) is 5.11 Å². The Morgan fingerprint density at radius 2 is 2.05 bits per heavy atom. The van der Waals surface area contributed by atoms with Crippen molar-refractivity contribution in [3.05, 3.63) is 29.8 Å². The van der Waals surface area contributed by atoms with Gasteiger partial charge in [-0.15, -0.1) is 0 Å². The highest BCUT2D eigenvalue weighted by Gasteiger charge is 2.25. The third-order valence-corrected chi connectivity index (χ3v) is 4.12. The van der Waals surface area contributed by atoms with E-state index in [1.54, 1.807) is 0 Å². The molecule has 1 aromatic rings. The first-order valence-electron chi connectivity index (χ1n) is 8.15. The lowest BCUT2D eigenvalue weighted by molar-refractivity contribution is 0.139. The van der Waals surface area contributed by atoms with Crippen LogP contribution in [0.25, 0.3) is 0 Å². The van der Waals surface area contributed by atoms with E-state index in [0.717, 1.165) is 31.6 Å². The number of ether oxygens (including phenoxy) is 1. The van der Waals surface area contributed by atoms with Gasteiger partial charge in [0.25, 0.3) is 0 Å². The first-order valence-corrected chi connectivity index (χ1v) is 8.15. The van der Waals surface area contributed by atoms with E-state index in [4.69, 9.17) is 4.74 Å². The summed E-state index contributed by atoms with van der Waals surface area (Å²) in [6.45, 7) is 10.3. The Balaban J connectivity index is 2.44. The Labute approximate surface area is 129 Å². The van der Waals surface area contributed by atoms with Crippen molar-refractivity contribution in [3.63, 3.8) is 0 Å². The zero-order valence-electron chi connectivity index (χ0n) is 14.0. The minimum Gasteiger partial charge on any atom is -0.494 e. The molecule has 0 aliphatic rings. The smallest absolute Gasteiger partial charge is 0.119 e. The molecule has 1 aromatic carbocycles. The number of likely N-dealkylation sites (N-methyl/N-ethyl adjacent to an activating group) is 1. The zero-order chi connectivity index (χ0) is 15.7. The molecule has 0 saturated heterocycles. The van der Waals surface area contributed by atoms with E-state index in [1.807, 2.05) is 12.1 Å². The van der Waals surface area contributed by atoms with Crippen LogP contribution < -0.4 is 10.1 Å². The number of hydrogen-bond donors (Lipinski definition) is 2. The lowest BCUT2D eigenvalue weighted by Crippen LogP contribution is -2.48. The van der Waals surface area contributed by atoms with E-state index in [0.29, 0.717) is 12.5 Å². The van der Waals surface area contributed by atoms with Gasteiger partial charge in [0.15, 0.2) is 0 Å². The number of benzene rings is 1. The van der Waals surface area contributed by atoms with E-state index in [2.05, 4.69) is 45.1 Å². The summed E-state index contributed by atoms with van der Waals surface area (Å²) in [5, 5.41) is 13.0. The molecule has 3 heteroatoms. The highest BCUT2D eigenvalue weighted by molar-refractivity contribution is 5.30. The molecule has 0 aromatic heterocycles. The van der Waals surface area contributed by atoms with Gasteiger partial charge in [-0.05, 0) is 49.4 Å². The molecule has 120 valence electrons. The van der Waals surface area contributed by atoms with Gasteiger partial charge in [-0.3, -0.25) is 0 Å². The lowest BCUT2D eigenvalue weighted by atomic mass is 9.91. The Bertz CT molecular complexity index is 400. The Morgan fingerprint density at radius 3 is 2.62 bits per heavy atom. The summed E-state index contributed by atoms with van der Waals surface area (Å²) in [7, 11) is 0. The zero-order valence-corrected chi connectivity index (χ0v) is 14.0. The molecule has 0 aliphatic heterocycles. The van der Waals surface area contributed by atoms with Crippen LogP contribution in [0.3, 0.4) is 0 Å². The summed E-state index contributed by atoms with van der Waals surface area (Å²) in [6.07, 6.45) is 2.80. The number of aliphatic hydroxyl groups is 1. The summed E-state index contributed by atoms with van der Waals surface area (Å²) >= 11 is 0. The van der Waals surface area contributed by atoms with Gasteiger partial charge in [-0.25, -0.2) is 0 Å². The van der Waals surface area contributed by atoms with Crippen molar-refractivity contribution in [3.8, 4) is 5.75 Å².